The van der Waals surface area contributed by atoms with Gasteiger partial charge in [0.15, 0.2) is 0 Å². The molecular formula is C16H26FNO2. The molecule has 0 spiro atoms. The highest BCUT2D eigenvalue weighted by Crippen LogP contribution is 2.29. The van der Waals surface area contributed by atoms with Crippen molar-refractivity contribution in [2.75, 3.05) is 31.7 Å². The lowest BCUT2D eigenvalue weighted by molar-refractivity contribution is 0.196. The number of nitrogens with zero attached hydrogens (tertiary/aromatic N) is 1. The third-order valence-corrected chi connectivity index (χ3v) is 3.25. The molecule has 0 heterocycles. The summed E-state index contributed by atoms with van der Waals surface area (Å²) in [5.74, 6) is 0.194. The summed E-state index contributed by atoms with van der Waals surface area (Å²) in [6.45, 7) is 9.85. The Morgan fingerprint density at radius 2 is 1.95 bits per heavy atom. The first-order chi connectivity index (χ1) is 9.36. The Hall–Kier alpha value is -1.13. The van der Waals surface area contributed by atoms with Crippen LogP contribution < -0.4 is 4.90 Å². The number of methoxy groups -OCH3 is 1. The number of anilines is 1. The van der Waals surface area contributed by atoms with E-state index in [1.165, 1.54) is 6.07 Å². The van der Waals surface area contributed by atoms with Crippen molar-refractivity contribution < 1.29 is 14.2 Å². The summed E-state index contributed by atoms with van der Waals surface area (Å²) in [5, 5.41) is 9.90. The van der Waals surface area contributed by atoms with E-state index in [2.05, 4.69) is 18.7 Å². The Labute approximate surface area is 121 Å². The molecule has 1 atom stereocenters. The molecule has 4 heteroatoms. The number of rotatable bonds is 7. The third-order valence-electron chi connectivity index (χ3n) is 3.25. The molecule has 1 aromatic rings. The summed E-state index contributed by atoms with van der Waals surface area (Å²) in [7, 11) is 1.67. The number of hydrogen-bond acceptors (Lipinski definition) is 3. The van der Waals surface area contributed by atoms with E-state index < -0.39 is 6.10 Å². The number of aliphatic hydroxyl groups is 1. The zero-order valence-corrected chi connectivity index (χ0v) is 13.1. The van der Waals surface area contributed by atoms with Gasteiger partial charge in [-0.05, 0) is 37.5 Å². The van der Waals surface area contributed by atoms with E-state index >= 15 is 0 Å². The van der Waals surface area contributed by atoms with Crippen molar-refractivity contribution in [1.82, 2.24) is 0 Å². The zero-order valence-electron chi connectivity index (χ0n) is 13.1. The van der Waals surface area contributed by atoms with Crippen LogP contribution in [0.2, 0.25) is 0 Å². The highest BCUT2D eigenvalue weighted by Gasteiger charge is 2.17. The summed E-state index contributed by atoms with van der Waals surface area (Å²) >= 11 is 0. The second-order valence-corrected chi connectivity index (χ2v) is 5.67. The minimum absolute atomic E-state index is 0.277. The number of hydrogen-bond donors (Lipinski definition) is 1. The van der Waals surface area contributed by atoms with Gasteiger partial charge in [0, 0.05) is 31.5 Å². The van der Waals surface area contributed by atoms with Gasteiger partial charge in [-0.1, -0.05) is 13.8 Å². The average molecular weight is 283 g/mol. The molecule has 3 nitrogen and oxygen atoms in total. The largest absolute Gasteiger partial charge is 0.389 e. The first kappa shape index (κ1) is 16.9. The topological polar surface area (TPSA) is 32.7 Å². The van der Waals surface area contributed by atoms with Crippen LogP contribution in [0.4, 0.5) is 10.1 Å². The second kappa shape index (κ2) is 7.60. The monoisotopic (exact) mass is 283 g/mol. The van der Waals surface area contributed by atoms with E-state index in [0.29, 0.717) is 23.7 Å². The average Bonchev–Trinajstić information content (AvgIpc) is 2.36. The molecular weight excluding hydrogens is 257 g/mol. The van der Waals surface area contributed by atoms with Crippen LogP contribution in [-0.4, -0.2) is 31.9 Å². The molecule has 0 saturated carbocycles. The first-order valence-electron chi connectivity index (χ1n) is 7.08. The van der Waals surface area contributed by atoms with Crippen molar-refractivity contribution in [1.29, 1.82) is 0 Å². The predicted octanol–water partition coefficient (Wildman–Crippen LogP) is 3.30. The van der Waals surface area contributed by atoms with Crippen LogP contribution >= 0.6 is 0 Å². The predicted molar refractivity (Wildman–Crippen MR) is 80.7 cm³/mol. The summed E-state index contributed by atoms with van der Waals surface area (Å²) < 4.78 is 18.9. The number of aliphatic hydroxyl groups excluding tert-OH is 1. The van der Waals surface area contributed by atoms with Crippen molar-refractivity contribution >= 4 is 5.69 Å². The van der Waals surface area contributed by atoms with Crippen molar-refractivity contribution in [3.05, 3.63) is 29.1 Å². The molecule has 20 heavy (non-hydrogen) atoms. The second-order valence-electron chi connectivity index (χ2n) is 5.67. The Kier molecular flexibility index (Phi) is 6.43. The first-order valence-corrected chi connectivity index (χ1v) is 7.08. The maximum atomic E-state index is 13.7. The van der Waals surface area contributed by atoms with Crippen molar-refractivity contribution in [2.45, 2.75) is 33.8 Å². The SMILES string of the molecule is COCCN(CC(C)C)c1cc(C)c(F)cc1C(C)O. The van der Waals surface area contributed by atoms with Gasteiger partial charge in [0.2, 0.25) is 0 Å². The quantitative estimate of drug-likeness (QED) is 0.833. The van der Waals surface area contributed by atoms with Crippen LogP contribution in [0.5, 0.6) is 0 Å². The Balaban J connectivity index is 3.18. The molecule has 0 fully saturated rings. The molecule has 1 aromatic carbocycles. The maximum Gasteiger partial charge on any atom is 0.126 e. The molecule has 0 aromatic heterocycles. The molecule has 0 aliphatic carbocycles. The van der Waals surface area contributed by atoms with Crippen molar-refractivity contribution in [2.24, 2.45) is 5.92 Å². The van der Waals surface area contributed by atoms with Crippen LogP contribution in [0.25, 0.3) is 0 Å². The maximum absolute atomic E-state index is 13.7. The van der Waals surface area contributed by atoms with E-state index in [4.69, 9.17) is 4.74 Å². The molecule has 0 radical (unpaired) electrons. The fourth-order valence-electron chi connectivity index (χ4n) is 2.24. The summed E-state index contributed by atoms with van der Waals surface area (Å²) in [6.07, 6.45) is -0.697. The Morgan fingerprint density at radius 1 is 1.30 bits per heavy atom. The Morgan fingerprint density at radius 3 is 2.45 bits per heavy atom. The molecule has 0 amide bonds. The van der Waals surface area contributed by atoms with E-state index in [-0.39, 0.29) is 5.82 Å². The molecule has 1 N–H and O–H groups in total. The van der Waals surface area contributed by atoms with Gasteiger partial charge >= 0.3 is 0 Å². The van der Waals surface area contributed by atoms with Gasteiger partial charge in [-0.25, -0.2) is 4.39 Å². The molecule has 0 aliphatic rings. The number of aryl methyl sites for hydroxylation is 1. The normalized spacial score (nSPS) is 12.8. The fraction of sp³-hybridized carbons (Fsp3) is 0.625. The van der Waals surface area contributed by atoms with E-state index in [0.717, 1.165) is 18.8 Å². The fourth-order valence-corrected chi connectivity index (χ4v) is 2.24. The van der Waals surface area contributed by atoms with Crippen LogP contribution in [0.15, 0.2) is 12.1 Å². The number of benzene rings is 1. The molecule has 0 saturated heterocycles. The lowest BCUT2D eigenvalue weighted by Gasteiger charge is -2.30. The minimum Gasteiger partial charge on any atom is -0.389 e. The van der Waals surface area contributed by atoms with Gasteiger partial charge in [-0.15, -0.1) is 0 Å². The number of ether oxygens (including phenoxy) is 1. The highest BCUT2D eigenvalue weighted by molar-refractivity contribution is 5.57. The van der Waals surface area contributed by atoms with E-state index in [9.17, 15) is 9.50 Å². The lowest BCUT2D eigenvalue weighted by Crippen LogP contribution is -2.32. The van der Waals surface area contributed by atoms with Crippen LogP contribution in [0.3, 0.4) is 0 Å². The minimum atomic E-state index is -0.697. The van der Waals surface area contributed by atoms with E-state index in [1.54, 1.807) is 21.0 Å². The zero-order chi connectivity index (χ0) is 15.3. The highest BCUT2D eigenvalue weighted by atomic mass is 19.1. The van der Waals surface area contributed by atoms with Gasteiger partial charge in [0.25, 0.3) is 0 Å². The third kappa shape index (κ3) is 4.46. The smallest absolute Gasteiger partial charge is 0.126 e. The summed E-state index contributed by atoms with van der Waals surface area (Å²) in [5.41, 5.74) is 2.12. The number of halogens is 1. The van der Waals surface area contributed by atoms with Gasteiger partial charge < -0.3 is 14.7 Å². The van der Waals surface area contributed by atoms with Crippen molar-refractivity contribution in [3.63, 3.8) is 0 Å². The molecule has 114 valence electrons. The molecule has 0 bridgehead atoms. The van der Waals surface area contributed by atoms with Gasteiger partial charge in [0.05, 0.1) is 12.7 Å². The lowest BCUT2D eigenvalue weighted by atomic mass is 10.0. The molecule has 1 unspecified atom stereocenters. The van der Waals surface area contributed by atoms with Crippen LogP contribution in [0, 0.1) is 18.7 Å². The molecule has 1 rings (SSSR count). The van der Waals surface area contributed by atoms with Crippen LogP contribution in [-0.2, 0) is 4.74 Å². The Bertz CT molecular complexity index is 433. The van der Waals surface area contributed by atoms with Gasteiger partial charge in [-0.3, -0.25) is 0 Å². The van der Waals surface area contributed by atoms with Crippen LogP contribution in [0.1, 0.15) is 38.0 Å². The summed E-state index contributed by atoms with van der Waals surface area (Å²) in [6, 6.07) is 3.25. The standard InChI is InChI=1S/C16H26FNO2/c1-11(2)10-18(6-7-20-5)16-8-12(3)15(17)9-14(16)13(4)19/h8-9,11,13,19H,6-7,10H2,1-5H3. The summed E-state index contributed by atoms with van der Waals surface area (Å²) in [4.78, 5) is 2.16. The van der Waals surface area contributed by atoms with Crippen molar-refractivity contribution in [3.8, 4) is 0 Å². The molecule has 0 aliphatic heterocycles. The van der Waals surface area contributed by atoms with E-state index in [1.807, 2.05) is 6.07 Å². The van der Waals surface area contributed by atoms with Gasteiger partial charge in [0.1, 0.15) is 5.82 Å². The van der Waals surface area contributed by atoms with Gasteiger partial charge in [-0.2, -0.15) is 0 Å².